The Bertz CT molecular complexity index is 593. The van der Waals surface area contributed by atoms with Crippen molar-refractivity contribution in [3.8, 4) is 0 Å². The summed E-state index contributed by atoms with van der Waals surface area (Å²) in [5.41, 5.74) is -0.272. The molecular weight excluding hydrogens is 330 g/mol. The number of aromatic nitrogens is 2. The van der Waals surface area contributed by atoms with Crippen LogP contribution < -0.4 is 26.4 Å². The van der Waals surface area contributed by atoms with Crippen molar-refractivity contribution < 1.29 is 26.7 Å². The fourth-order valence-electron chi connectivity index (χ4n) is 2.31. The lowest BCUT2D eigenvalue weighted by atomic mass is 10.0. The van der Waals surface area contributed by atoms with Gasteiger partial charge in [-0.1, -0.05) is 28.7 Å². The van der Waals surface area contributed by atoms with Crippen LogP contribution in [-0.2, 0) is 12.3 Å². The number of halogens is 2. The molecule has 1 aromatic carbocycles. The van der Waals surface area contributed by atoms with Gasteiger partial charge < -0.3 is 22.1 Å². The van der Waals surface area contributed by atoms with Crippen molar-refractivity contribution in [1.29, 1.82) is 0 Å². The highest BCUT2D eigenvalue weighted by Gasteiger charge is 2.49. The van der Waals surface area contributed by atoms with E-state index in [1.165, 1.54) is 0 Å². The Labute approximate surface area is 127 Å². The summed E-state index contributed by atoms with van der Waals surface area (Å²) in [4.78, 5) is 6.06. The first-order chi connectivity index (χ1) is 8.61. The van der Waals surface area contributed by atoms with Crippen molar-refractivity contribution in [2.24, 2.45) is 0 Å². The van der Waals surface area contributed by atoms with E-state index >= 15 is 0 Å². The third-order valence-electron chi connectivity index (χ3n) is 3.35. The molecule has 0 spiro atoms. The van der Waals surface area contributed by atoms with Crippen LogP contribution in [-0.4, -0.2) is 17.1 Å². The summed E-state index contributed by atoms with van der Waals surface area (Å²) in [6.45, 7) is 0.453. The van der Waals surface area contributed by atoms with Gasteiger partial charge in [0, 0.05) is 16.7 Å². The summed E-state index contributed by atoms with van der Waals surface area (Å²) < 4.78 is 1.93. The lowest BCUT2D eigenvalue weighted by molar-refractivity contribution is -0.685. The number of rotatable bonds is 1. The van der Waals surface area contributed by atoms with E-state index in [1.54, 1.807) is 23.2 Å². The third-order valence-corrected chi connectivity index (χ3v) is 3.60. The first kappa shape index (κ1) is 14.2. The van der Waals surface area contributed by atoms with Crippen LogP contribution in [0.1, 0.15) is 5.56 Å². The molecule has 0 unspecified atom stereocenters. The SMILES string of the molecule is CN1c2nccc[n+]2C[C@@]1(O)c1ccc(Cl)cc1.[Br-]. The van der Waals surface area contributed by atoms with E-state index in [0.717, 1.165) is 11.5 Å². The predicted octanol–water partition coefficient (Wildman–Crippen LogP) is -1.68. The van der Waals surface area contributed by atoms with E-state index in [1.807, 2.05) is 36.0 Å². The average Bonchev–Trinajstić information content (AvgIpc) is 2.64. The molecule has 1 aliphatic heterocycles. The first-order valence-electron chi connectivity index (χ1n) is 5.68. The van der Waals surface area contributed by atoms with Crippen LogP contribution in [0.4, 0.5) is 5.95 Å². The summed E-state index contributed by atoms with van der Waals surface area (Å²) in [6, 6.07) is 9.09. The molecule has 19 heavy (non-hydrogen) atoms. The molecule has 2 heterocycles. The molecule has 4 nitrogen and oxygen atoms in total. The van der Waals surface area contributed by atoms with Crippen molar-refractivity contribution >= 4 is 17.5 Å². The fraction of sp³-hybridized carbons (Fsp3) is 0.231. The van der Waals surface area contributed by atoms with Crippen LogP contribution in [0, 0.1) is 0 Å². The lowest BCUT2D eigenvalue weighted by Gasteiger charge is -2.25. The minimum absolute atomic E-state index is 0. The van der Waals surface area contributed by atoms with Crippen molar-refractivity contribution in [3.63, 3.8) is 0 Å². The molecule has 1 aliphatic rings. The Balaban J connectivity index is 0.00000133. The minimum atomic E-state index is -1.08. The van der Waals surface area contributed by atoms with Gasteiger partial charge in [-0.2, -0.15) is 0 Å². The van der Waals surface area contributed by atoms with Crippen LogP contribution in [0.15, 0.2) is 42.7 Å². The van der Waals surface area contributed by atoms with E-state index in [-0.39, 0.29) is 17.0 Å². The number of hydrogen-bond acceptors (Lipinski definition) is 3. The molecule has 0 fully saturated rings. The van der Waals surface area contributed by atoms with Gasteiger partial charge in [-0.05, 0) is 12.1 Å². The van der Waals surface area contributed by atoms with Gasteiger partial charge in [-0.3, -0.25) is 0 Å². The van der Waals surface area contributed by atoms with E-state index in [0.29, 0.717) is 11.6 Å². The maximum atomic E-state index is 10.9. The van der Waals surface area contributed by atoms with Crippen molar-refractivity contribution in [2.75, 3.05) is 11.9 Å². The van der Waals surface area contributed by atoms with Crippen LogP contribution >= 0.6 is 11.6 Å². The zero-order valence-electron chi connectivity index (χ0n) is 10.3. The van der Waals surface area contributed by atoms with Gasteiger partial charge in [0.15, 0.2) is 0 Å². The number of nitrogens with zero attached hydrogens (tertiary/aromatic N) is 3. The average molecular weight is 343 g/mol. The molecule has 2 aromatic rings. The molecule has 1 atom stereocenters. The second-order valence-corrected chi connectivity index (χ2v) is 4.87. The molecule has 0 saturated carbocycles. The highest BCUT2D eigenvalue weighted by Crippen LogP contribution is 2.32. The molecule has 0 aliphatic carbocycles. The molecule has 0 radical (unpaired) electrons. The molecule has 1 N–H and O–H groups in total. The zero-order valence-corrected chi connectivity index (χ0v) is 12.6. The van der Waals surface area contributed by atoms with Crippen LogP contribution in [0.3, 0.4) is 0 Å². The van der Waals surface area contributed by atoms with E-state index in [2.05, 4.69) is 4.98 Å². The van der Waals surface area contributed by atoms with Crippen LogP contribution in [0.25, 0.3) is 0 Å². The summed E-state index contributed by atoms with van der Waals surface area (Å²) in [5, 5.41) is 11.5. The van der Waals surface area contributed by atoms with Gasteiger partial charge in [-0.25, -0.2) is 9.47 Å². The standard InChI is InChI=1S/C13H13ClN3O.BrH/c1-16-12-15-7-2-8-17(12)9-13(16,18)10-3-5-11(14)6-4-10;/h2-8,18H,9H2,1H3;1H/q+1;/p-1/t13-;/m1./s1. The lowest BCUT2D eigenvalue weighted by Crippen LogP contribution is -3.00. The summed E-state index contributed by atoms with van der Waals surface area (Å²) in [6.07, 6.45) is 3.63. The van der Waals surface area contributed by atoms with Crippen molar-refractivity contribution in [1.82, 2.24) is 4.98 Å². The fourth-order valence-corrected chi connectivity index (χ4v) is 2.43. The highest BCUT2D eigenvalue weighted by atomic mass is 79.9. The Kier molecular flexibility index (Phi) is 3.80. The van der Waals surface area contributed by atoms with Crippen LogP contribution in [0.5, 0.6) is 0 Å². The highest BCUT2D eigenvalue weighted by molar-refractivity contribution is 6.30. The molecular formula is C13H13BrClN3O. The van der Waals surface area contributed by atoms with Gasteiger partial charge in [-0.15, -0.1) is 0 Å². The molecule has 3 rings (SSSR count). The number of aliphatic hydroxyl groups is 1. The van der Waals surface area contributed by atoms with E-state index in [4.69, 9.17) is 11.6 Å². The smallest absolute Gasteiger partial charge is 0.396 e. The molecule has 0 saturated heterocycles. The molecule has 1 aromatic heterocycles. The maximum Gasteiger partial charge on any atom is 0.396 e. The second kappa shape index (κ2) is 5.07. The zero-order chi connectivity index (χ0) is 12.8. The number of anilines is 1. The number of likely N-dealkylation sites (N-methyl/N-ethyl adjacent to an activating group) is 1. The van der Waals surface area contributed by atoms with Gasteiger partial charge >= 0.3 is 5.95 Å². The van der Waals surface area contributed by atoms with Gasteiger partial charge in [0.25, 0.3) is 0 Å². The maximum absolute atomic E-state index is 10.9. The summed E-state index contributed by atoms with van der Waals surface area (Å²) in [5.74, 6) is 0.745. The Hall–Kier alpha value is -1.17. The molecule has 6 heteroatoms. The minimum Gasteiger partial charge on any atom is -1.00 e. The quantitative estimate of drug-likeness (QED) is 0.630. The number of hydrogen-bond donors (Lipinski definition) is 1. The van der Waals surface area contributed by atoms with E-state index in [9.17, 15) is 5.11 Å². The molecule has 100 valence electrons. The first-order valence-corrected chi connectivity index (χ1v) is 6.06. The number of benzene rings is 1. The van der Waals surface area contributed by atoms with E-state index < -0.39 is 5.72 Å². The normalized spacial score (nSPS) is 20.9. The van der Waals surface area contributed by atoms with Gasteiger partial charge in [0.05, 0.1) is 13.2 Å². The molecule has 0 bridgehead atoms. The summed E-state index contributed by atoms with van der Waals surface area (Å²) >= 11 is 5.88. The second-order valence-electron chi connectivity index (χ2n) is 4.43. The van der Waals surface area contributed by atoms with Crippen molar-refractivity contribution in [3.05, 3.63) is 53.3 Å². The third kappa shape index (κ3) is 2.22. The topological polar surface area (TPSA) is 40.2 Å². The van der Waals surface area contributed by atoms with Crippen LogP contribution in [0.2, 0.25) is 5.02 Å². The Morgan fingerprint density at radius 2 is 2.05 bits per heavy atom. The van der Waals surface area contributed by atoms with Crippen molar-refractivity contribution in [2.45, 2.75) is 12.3 Å². The van der Waals surface area contributed by atoms with Gasteiger partial charge in [0.2, 0.25) is 5.72 Å². The summed E-state index contributed by atoms with van der Waals surface area (Å²) in [7, 11) is 1.83. The number of fused-ring (bicyclic) bond motifs is 1. The largest absolute Gasteiger partial charge is 1.00 e. The van der Waals surface area contributed by atoms with Gasteiger partial charge in [0.1, 0.15) is 12.7 Å². The predicted molar refractivity (Wildman–Crippen MR) is 68.2 cm³/mol. The Morgan fingerprint density at radius 1 is 1.37 bits per heavy atom. The Morgan fingerprint density at radius 3 is 2.68 bits per heavy atom. The monoisotopic (exact) mass is 341 g/mol. The molecule has 0 amide bonds.